The molecule has 2 rings (SSSR count). The molecule has 0 spiro atoms. The molecular formula is C17H21N4OW-. The summed E-state index contributed by atoms with van der Waals surface area (Å²) < 4.78 is 2.03. The molecule has 1 heterocycles. The number of nitrogens with two attached hydrogens (primary N) is 1. The second-order valence-corrected chi connectivity index (χ2v) is 6.31. The van der Waals surface area contributed by atoms with Crippen molar-refractivity contribution in [3.8, 4) is 0 Å². The minimum absolute atomic E-state index is 0.347. The van der Waals surface area contributed by atoms with Gasteiger partial charge in [0.25, 0.3) is 0 Å². The summed E-state index contributed by atoms with van der Waals surface area (Å²) >= 11 is 1.32. The molecule has 1 fully saturated rings. The number of nitrogens with one attached hydrogen (secondary N) is 1. The molecule has 122 valence electrons. The number of hydrogen-bond acceptors (Lipinski definition) is 3. The molecular weight excluding hydrogens is 460 g/mol. The second-order valence-electron chi connectivity index (χ2n) is 5.46. The number of nitrogens with zero attached hydrogens (tertiary/aromatic N) is 2. The van der Waals surface area contributed by atoms with Gasteiger partial charge in [0.05, 0.1) is 0 Å². The SMILES string of the molecule is Cc1ccc(NC(=[C-]C(N)=O)/N=C(\[CH]=[W])N2CCCCC2)cc1. The van der Waals surface area contributed by atoms with Crippen LogP contribution in [-0.2, 0) is 24.1 Å². The Balaban J connectivity index is 2.22. The van der Waals surface area contributed by atoms with E-state index in [1.807, 2.05) is 35.6 Å². The third kappa shape index (κ3) is 5.75. The molecule has 1 saturated heterocycles. The molecule has 0 atom stereocenters. The first-order valence-electron chi connectivity index (χ1n) is 7.64. The molecule has 6 heteroatoms. The maximum absolute atomic E-state index is 11.3. The van der Waals surface area contributed by atoms with Crippen molar-refractivity contribution in [2.24, 2.45) is 10.7 Å². The van der Waals surface area contributed by atoms with Gasteiger partial charge in [0.15, 0.2) is 0 Å². The van der Waals surface area contributed by atoms with Crippen molar-refractivity contribution in [2.75, 3.05) is 18.4 Å². The summed E-state index contributed by atoms with van der Waals surface area (Å²) in [6, 6.07) is 7.87. The maximum atomic E-state index is 11.3. The Morgan fingerprint density at radius 1 is 1.30 bits per heavy atom. The molecule has 1 aliphatic rings. The average Bonchev–Trinajstić information content (AvgIpc) is 2.55. The normalized spacial score (nSPS) is 16.1. The zero-order valence-electron chi connectivity index (χ0n) is 13.2. The molecule has 0 aromatic heterocycles. The fourth-order valence-corrected chi connectivity index (χ4v) is 3.11. The van der Waals surface area contributed by atoms with Gasteiger partial charge in [-0.1, -0.05) is 0 Å². The number of amides is 1. The fourth-order valence-electron chi connectivity index (χ4n) is 2.39. The number of amidine groups is 1. The quantitative estimate of drug-likeness (QED) is 0.292. The number of rotatable bonds is 5. The summed E-state index contributed by atoms with van der Waals surface area (Å²) in [5, 5.41) is 3.12. The summed E-state index contributed by atoms with van der Waals surface area (Å²) in [6.45, 7) is 4.02. The molecule has 1 aromatic rings. The van der Waals surface area contributed by atoms with Crippen molar-refractivity contribution in [3.05, 3.63) is 41.7 Å². The van der Waals surface area contributed by atoms with Gasteiger partial charge in [-0.25, -0.2) is 0 Å². The topological polar surface area (TPSA) is 70.7 Å². The number of benzene rings is 1. The third-order valence-corrected chi connectivity index (χ3v) is 4.33. The Kier molecular flexibility index (Phi) is 6.72. The van der Waals surface area contributed by atoms with Gasteiger partial charge in [0.1, 0.15) is 0 Å². The second kappa shape index (κ2) is 8.78. The number of likely N-dealkylation sites (tertiary alicyclic amines) is 1. The Bertz CT molecular complexity index is 616. The van der Waals surface area contributed by atoms with Crippen molar-refractivity contribution in [1.82, 2.24) is 4.90 Å². The van der Waals surface area contributed by atoms with Crippen LogP contribution in [0, 0.1) is 13.0 Å². The first kappa shape index (κ1) is 17.6. The van der Waals surface area contributed by atoms with Crippen molar-refractivity contribution < 1.29 is 24.1 Å². The monoisotopic (exact) mass is 481 g/mol. The molecule has 23 heavy (non-hydrogen) atoms. The van der Waals surface area contributed by atoms with Gasteiger partial charge >= 0.3 is 148 Å². The molecule has 0 saturated carbocycles. The Labute approximate surface area is 148 Å². The number of anilines is 1. The average molecular weight is 481 g/mol. The number of piperidine rings is 1. The van der Waals surface area contributed by atoms with Gasteiger partial charge in [-0.3, -0.25) is 0 Å². The molecule has 0 bridgehead atoms. The van der Waals surface area contributed by atoms with E-state index in [-0.39, 0.29) is 0 Å². The summed E-state index contributed by atoms with van der Waals surface area (Å²) in [6.07, 6.45) is 6.17. The number of aryl methyl sites for hydroxylation is 1. The Morgan fingerprint density at radius 2 is 1.96 bits per heavy atom. The first-order valence-corrected chi connectivity index (χ1v) is 9.34. The van der Waals surface area contributed by atoms with Crippen LogP contribution < -0.4 is 11.1 Å². The van der Waals surface area contributed by atoms with Crippen LogP contribution in [0.3, 0.4) is 0 Å². The van der Waals surface area contributed by atoms with E-state index in [4.69, 9.17) is 5.73 Å². The van der Waals surface area contributed by atoms with Crippen LogP contribution in [0.25, 0.3) is 0 Å². The van der Waals surface area contributed by atoms with Gasteiger partial charge in [-0.15, -0.1) is 0 Å². The first-order chi connectivity index (χ1) is 11.1. The van der Waals surface area contributed by atoms with Crippen LogP contribution in [0.5, 0.6) is 0 Å². The van der Waals surface area contributed by atoms with Gasteiger partial charge in [0, 0.05) is 0 Å². The predicted octanol–water partition coefficient (Wildman–Crippen LogP) is 1.77. The van der Waals surface area contributed by atoms with Crippen molar-refractivity contribution in [3.63, 3.8) is 0 Å². The number of carbonyl (C=O) groups is 1. The third-order valence-electron chi connectivity index (χ3n) is 3.57. The molecule has 5 nitrogen and oxygen atoms in total. The molecule has 1 amide bonds. The van der Waals surface area contributed by atoms with E-state index in [1.54, 1.807) is 0 Å². The van der Waals surface area contributed by atoms with E-state index in [2.05, 4.69) is 21.3 Å². The van der Waals surface area contributed by atoms with Crippen LogP contribution in [0.15, 0.2) is 35.1 Å². The van der Waals surface area contributed by atoms with E-state index < -0.39 is 5.91 Å². The van der Waals surface area contributed by atoms with Gasteiger partial charge in [-0.2, -0.15) is 0 Å². The summed E-state index contributed by atoms with van der Waals surface area (Å²) in [4.78, 5) is 18.1. The van der Waals surface area contributed by atoms with E-state index >= 15 is 0 Å². The van der Waals surface area contributed by atoms with Crippen LogP contribution in [-0.4, -0.2) is 34.1 Å². The Hall–Kier alpha value is -1.74. The van der Waals surface area contributed by atoms with Crippen LogP contribution in [0.4, 0.5) is 5.69 Å². The number of aliphatic imine (C=N–C) groups is 1. The molecule has 0 unspecified atom stereocenters. The van der Waals surface area contributed by atoms with Crippen molar-refractivity contribution in [2.45, 2.75) is 26.2 Å². The zero-order valence-corrected chi connectivity index (χ0v) is 16.1. The Morgan fingerprint density at radius 3 is 2.52 bits per heavy atom. The predicted molar refractivity (Wildman–Crippen MR) is 89.7 cm³/mol. The van der Waals surface area contributed by atoms with E-state index in [1.165, 1.54) is 44.2 Å². The molecule has 0 radical (unpaired) electrons. The van der Waals surface area contributed by atoms with E-state index in [0.717, 1.165) is 24.6 Å². The van der Waals surface area contributed by atoms with Crippen molar-refractivity contribution in [1.29, 1.82) is 0 Å². The standard InChI is InChI=1S/C17H21N4O.W/c1-13-6-8-15(9-7-13)20-17(12-16(18)22)19-14(2)21-10-4-3-5-11-21;/h2,6-9,20H,3-5,10-11H2,1H3,(H2,18,22);/q-1;/b19-14+;. The fraction of sp³-hybridized carbons (Fsp3) is 0.353. The summed E-state index contributed by atoms with van der Waals surface area (Å²) in [5.41, 5.74) is 7.29. The van der Waals surface area contributed by atoms with Crippen LogP contribution >= 0.6 is 0 Å². The molecule has 1 aromatic carbocycles. The van der Waals surface area contributed by atoms with Crippen molar-refractivity contribution >= 4 is 21.8 Å². The molecule has 1 aliphatic heterocycles. The zero-order chi connectivity index (χ0) is 16.7. The summed E-state index contributed by atoms with van der Waals surface area (Å²) in [5.74, 6) is 0.590. The van der Waals surface area contributed by atoms with Gasteiger partial charge in [-0.05, 0) is 0 Å². The van der Waals surface area contributed by atoms with E-state index in [0.29, 0.717) is 5.82 Å². The minimum atomic E-state index is -0.634. The summed E-state index contributed by atoms with van der Waals surface area (Å²) in [7, 11) is 0. The molecule has 3 N–H and O–H groups in total. The number of carbonyl (C=O) groups excluding carboxylic acids is 1. The van der Waals surface area contributed by atoms with E-state index in [9.17, 15) is 4.79 Å². The van der Waals surface area contributed by atoms with Gasteiger partial charge in [0.2, 0.25) is 0 Å². The number of hydrogen-bond donors (Lipinski definition) is 2. The van der Waals surface area contributed by atoms with Gasteiger partial charge < -0.3 is 0 Å². The van der Waals surface area contributed by atoms with Crippen LogP contribution in [0.2, 0.25) is 0 Å². The number of primary amides is 1. The molecule has 0 aliphatic carbocycles. The van der Waals surface area contributed by atoms with Crippen LogP contribution in [0.1, 0.15) is 24.8 Å².